The van der Waals surface area contributed by atoms with Crippen LogP contribution in [0.5, 0.6) is 0 Å². The molecule has 1 N–H and O–H groups in total. The summed E-state index contributed by atoms with van der Waals surface area (Å²) in [4.78, 5) is 23.0. The van der Waals surface area contributed by atoms with E-state index in [9.17, 15) is 9.59 Å². The molecule has 0 atom stereocenters. The molecule has 0 aliphatic rings. The van der Waals surface area contributed by atoms with Crippen molar-refractivity contribution in [2.24, 2.45) is 5.41 Å². The van der Waals surface area contributed by atoms with Gasteiger partial charge in [0.1, 0.15) is 6.61 Å². The zero-order valence-corrected chi connectivity index (χ0v) is 11.7. The highest BCUT2D eigenvalue weighted by molar-refractivity contribution is 5.84. The van der Waals surface area contributed by atoms with Gasteiger partial charge in [-0.1, -0.05) is 51.1 Å². The second kappa shape index (κ2) is 6.92. The van der Waals surface area contributed by atoms with Crippen molar-refractivity contribution in [2.45, 2.75) is 33.8 Å². The summed E-state index contributed by atoms with van der Waals surface area (Å²) in [5.41, 5.74) is 0.853. The Labute approximate surface area is 114 Å². The summed E-state index contributed by atoms with van der Waals surface area (Å²) in [5.74, 6) is 0.00385. The molecule has 0 aliphatic heterocycles. The number of Topliss-reactive ketones (excluding diaryl/α,β-unsaturated/α-hetero) is 1. The summed E-state index contributed by atoms with van der Waals surface area (Å²) in [6.45, 7) is 6.18. The Hall–Kier alpha value is -1.84. The molecule has 0 unspecified atom stereocenters. The van der Waals surface area contributed by atoms with E-state index in [0.717, 1.165) is 5.56 Å². The van der Waals surface area contributed by atoms with E-state index in [2.05, 4.69) is 5.32 Å². The Morgan fingerprint density at radius 2 is 1.79 bits per heavy atom. The molecule has 4 heteroatoms. The first-order chi connectivity index (χ1) is 8.87. The number of ketones is 1. The van der Waals surface area contributed by atoms with Gasteiger partial charge in [0, 0.05) is 6.42 Å². The smallest absolute Gasteiger partial charge is 0.407 e. The van der Waals surface area contributed by atoms with E-state index >= 15 is 0 Å². The normalized spacial score (nSPS) is 10.9. The summed E-state index contributed by atoms with van der Waals surface area (Å²) in [6, 6.07) is 9.40. The van der Waals surface area contributed by atoms with E-state index < -0.39 is 6.09 Å². The first-order valence-electron chi connectivity index (χ1n) is 6.33. The maximum absolute atomic E-state index is 11.6. The summed E-state index contributed by atoms with van der Waals surface area (Å²) in [5, 5.41) is 2.46. The minimum absolute atomic E-state index is 0.00385. The first-order valence-corrected chi connectivity index (χ1v) is 6.33. The number of amides is 1. The maximum Gasteiger partial charge on any atom is 0.407 e. The molecule has 0 heterocycles. The quantitative estimate of drug-likeness (QED) is 0.888. The average Bonchev–Trinajstić information content (AvgIpc) is 2.33. The Morgan fingerprint density at radius 1 is 1.16 bits per heavy atom. The van der Waals surface area contributed by atoms with Gasteiger partial charge < -0.3 is 10.1 Å². The molecule has 0 radical (unpaired) electrons. The topological polar surface area (TPSA) is 55.4 Å². The lowest BCUT2D eigenvalue weighted by Gasteiger charge is -2.16. The lowest BCUT2D eigenvalue weighted by atomic mass is 9.90. The molecule has 0 fully saturated rings. The van der Waals surface area contributed by atoms with Crippen LogP contribution in [0.3, 0.4) is 0 Å². The first kappa shape index (κ1) is 15.2. The number of rotatable bonds is 5. The van der Waals surface area contributed by atoms with Crippen molar-refractivity contribution in [1.29, 1.82) is 0 Å². The van der Waals surface area contributed by atoms with Gasteiger partial charge in [-0.25, -0.2) is 4.79 Å². The van der Waals surface area contributed by atoms with Crippen molar-refractivity contribution < 1.29 is 14.3 Å². The predicted molar refractivity (Wildman–Crippen MR) is 73.7 cm³/mol. The van der Waals surface area contributed by atoms with Crippen LogP contribution in [0.1, 0.15) is 32.8 Å². The van der Waals surface area contributed by atoms with Crippen LogP contribution in [0.4, 0.5) is 4.79 Å². The van der Waals surface area contributed by atoms with Crippen LogP contribution in [0.25, 0.3) is 0 Å². The zero-order chi connectivity index (χ0) is 14.3. The number of carbonyl (C=O) groups is 2. The Kier molecular flexibility index (Phi) is 5.55. The van der Waals surface area contributed by atoms with Gasteiger partial charge in [-0.15, -0.1) is 0 Å². The zero-order valence-electron chi connectivity index (χ0n) is 11.7. The molecule has 0 saturated carbocycles. The number of alkyl carbamates (subject to hydrolysis) is 1. The van der Waals surface area contributed by atoms with Crippen molar-refractivity contribution in [3.8, 4) is 0 Å². The summed E-state index contributed by atoms with van der Waals surface area (Å²) >= 11 is 0. The molecule has 0 spiro atoms. The van der Waals surface area contributed by atoms with Crippen molar-refractivity contribution in [3.63, 3.8) is 0 Å². The molecule has 1 rings (SSSR count). The number of nitrogens with one attached hydrogen (secondary N) is 1. The fourth-order valence-electron chi connectivity index (χ4n) is 1.60. The molecule has 1 aromatic carbocycles. The monoisotopic (exact) mass is 263 g/mol. The number of ether oxygens (including phenoxy) is 1. The van der Waals surface area contributed by atoms with Crippen LogP contribution in [-0.2, 0) is 16.1 Å². The van der Waals surface area contributed by atoms with Crippen LogP contribution in [0.15, 0.2) is 30.3 Å². The Bertz CT molecular complexity index is 421. The highest BCUT2D eigenvalue weighted by atomic mass is 16.5. The summed E-state index contributed by atoms with van der Waals surface area (Å²) in [6.07, 6.45) is -0.127. The van der Waals surface area contributed by atoms with Gasteiger partial charge in [-0.2, -0.15) is 0 Å². The predicted octanol–water partition coefficient (Wildman–Crippen LogP) is 2.92. The fraction of sp³-hybridized carbons (Fsp3) is 0.467. The molecule has 4 nitrogen and oxygen atoms in total. The maximum atomic E-state index is 11.6. The van der Waals surface area contributed by atoms with Crippen LogP contribution >= 0.6 is 0 Å². The SMILES string of the molecule is CC(C)(C)CC(=O)CNC(=O)OCc1ccccc1. The van der Waals surface area contributed by atoms with E-state index in [4.69, 9.17) is 4.74 Å². The third-order valence-electron chi connectivity index (χ3n) is 2.37. The molecular formula is C15H21NO3. The highest BCUT2D eigenvalue weighted by Crippen LogP contribution is 2.18. The minimum atomic E-state index is -0.564. The lowest BCUT2D eigenvalue weighted by molar-refractivity contribution is -0.119. The van der Waals surface area contributed by atoms with Gasteiger partial charge in [0.15, 0.2) is 5.78 Å². The average molecular weight is 263 g/mol. The standard InChI is InChI=1S/C15H21NO3/c1-15(2,3)9-13(17)10-16-14(18)19-11-12-7-5-4-6-8-12/h4-8H,9-11H2,1-3H3,(H,16,18). The number of carbonyl (C=O) groups excluding carboxylic acids is 2. The van der Waals surface area contributed by atoms with Crippen molar-refractivity contribution in [3.05, 3.63) is 35.9 Å². The molecule has 1 amide bonds. The Balaban J connectivity index is 2.23. The van der Waals surface area contributed by atoms with Crippen molar-refractivity contribution in [1.82, 2.24) is 5.32 Å². The third-order valence-corrected chi connectivity index (χ3v) is 2.37. The highest BCUT2D eigenvalue weighted by Gasteiger charge is 2.16. The molecule has 104 valence electrons. The van der Waals surface area contributed by atoms with Crippen LogP contribution in [0.2, 0.25) is 0 Å². The molecule has 1 aromatic rings. The molecule has 0 bridgehead atoms. The molecule has 0 aromatic heterocycles. The van der Waals surface area contributed by atoms with E-state index in [1.165, 1.54) is 0 Å². The summed E-state index contributed by atoms with van der Waals surface area (Å²) < 4.78 is 5.01. The van der Waals surface area contributed by atoms with Crippen LogP contribution in [0, 0.1) is 5.41 Å². The second-order valence-corrected chi connectivity index (χ2v) is 5.69. The molecular weight excluding hydrogens is 242 g/mol. The van der Waals surface area contributed by atoms with Crippen molar-refractivity contribution >= 4 is 11.9 Å². The fourth-order valence-corrected chi connectivity index (χ4v) is 1.60. The number of hydrogen-bond acceptors (Lipinski definition) is 3. The van der Waals surface area contributed by atoms with E-state index in [0.29, 0.717) is 6.42 Å². The lowest BCUT2D eigenvalue weighted by Crippen LogP contribution is -2.31. The molecule has 0 saturated heterocycles. The molecule has 19 heavy (non-hydrogen) atoms. The van der Waals surface area contributed by atoms with Gasteiger partial charge in [0.25, 0.3) is 0 Å². The van der Waals surface area contributed by atoms with Gasteiger partial charge in [-0.3, -0.25) is 4.79 Å². The van der Waals surface area contributed by atoms with Gasteiger partial charge in [0.05, 0.1) is 6.54 Å². The third kappa shape index (κ3) is 7.24. The van der Waals surface area contributed by atoms with Crippen LogP contribution in [-0.4, -0.2) is 18.4 Å². The van der Waals surface area contributed by atoms with E-state index in [-0.39, 0.29) is 24.3 Å². The molecule has 0 aliphatic carbocycles. The number of benzene rings is 1. The number of hydrogen-bond donors (Lipinski definition) is 1. The van der Waals surface area contributed by atoms with Gasteiger partial charge >= 0.3 is 6.09 Å². The van der Waals surface area contributed by atoms with Gasteiger partial charge in [-0.05, 0) is 11.0 Å². The summed E-state index contributed by atoms with van der Waals surface area (Å²) in [7, 11) is 0. The van der Waals surface area contributed by atoms with Crippen LogP contribution < -0.4 is 5.32 Å². The minimum Gasteiger partial charge on any atom is -0.445 e. The van der Waals surface area contributed by atoms with E-state index in [1.54, 1.807) is 0 Å². The second-order valence-electron chi connectivity index (χ2n) is 5.69. The Morgan fingerprint density at radius 3 is 2.37 bits per heavy atom. The van der Waals surface area contributed by atoms with E-state index in [1.807, 2.05) is 51.1 Å². The largest absolute Gasteiger partial charge is 0.445 e. The van der Waals surface area contributed by atoms with Gasteiger partial charge in [0.2, 0.25) is 0 Å². The van der Waals surface area contributed by atoms with Crippen molar-refractivity contribution in [2.75, 3.05) is 6.54 Å².